The van der Waals surface area contributed by atoms with E-state index >= 15 is 0 Å². The van der Waals surface area contributed by atoms with Gasteiger partial charge in [0.15, 0.2) is 0 Å². The Morgan fingerprint density at radius 1 is 1.59 bits per heavy atom. The smallest absolute Gasteiger partial charge is 0.252 e. The molecule has 0 bridgehead atoms. The van der Waals surface area contributed by atoms with Gasteiger partial charge >= 0.3 is 0 Å². The average Bonchev–Trinajstić information content (AvgIpc) is 2.82. The summed E-state index contributed by atoms with van der Waals surface area (Å²) in [5.74, 6) is 1.19. The van der Waals surface area contributed by atoms with Crippen LogP contribution in [0.5, 0.6) is 0 Å². The van der Waals surface area contributed by atoms with Crippen LogP contribution in [0.15, 0.2) is 18.2 Å². The maximum absolute atomic E-state index is 12.0. The molecule has 5 heteroatoms. The maximum Gasteiger partial charge on any atom is 0.252 e. The molecule has 0 radical (unpaired) electrons. The van der Waals surface area contributed by atoms with Crippen molar-refractivity contribution in [1.82, 2.24) is 5.32 Å². The van der Waals surface area contributed by atoms with Crippen molar-refractivity contribution < 1.29 is 4.79 Å². The molecular formula is C12H13ClINOS. The van der Waals surface area contributed by atoms with Gasteiger partial charge in [-0.25, -0.2) is 0 Å². The van der Waals surface area contributed by atoms with Crippen LogP contribution >= 0.6 is 46.0 Å². The van der Waals surface area contributed by atoms with Crippen LogP contribution in [-0.4, -0.2) is 23.5 Å². The summed E-state index contributed by atoms with van der Waals surface area (Å²) in [5.41, 5.74) is 0.668. The van der Waals surface area contributed by atoms with Crippen LogP contribution in [-0.2, 0) is 0 Å². The van der Waals surface area contributed by atoms with Gasteiger partial charge in [0.25, 0.3) is 5.91 Å². The highest BCUT2D eigenvalue weighted by molar-refractivity contribution is 14.1. The van der Waals surface area contributed by atoms with E-state index in [1.807, 2.05) is 17.8 Å². The summed E-state index contributed by atoms with van der Waals surface area (Å²) < 4.78 is 0.934. The number of nitrogens with one attached hydrogen (secondary N) is 1. The van der Waals surface area contributed by atoms with Crippen LogP contribution in [0.25, 0.3) is 0 Å². The van der Waals surface area contributed by atoms with E-state index in [-0.39, 0.29) is 5.91 Å². The number of hydrogen-bond donors (Lipinski definition) is 1. The van der Waals surface area contributed by atoms with Crippen LogP contribution in [0.2, 0.25) is 5.02 Å². The van der Waals surface area contributed by atoms with Gasteiger partial charge in [-0.1, -0.05) is 11.6 Å². The van der Waals surface area contributed by atoms with E-state index in [4.69, 9.17) is 11.6 Å². The first-order valence-electron chi connectivity index (χ1n) is 5.51. The molecule has 17 heavy (non-hydrogen) atoms. The highest BCUT2D eigenvalue weighted by atomic mass is 127. The zero-order chi connectivity index (χ0) is 12.3. The Morgan fingerprint density at radius 3 is 3.12 bits per heavy atom. The lowest BCUT2D eigenvalue weighted by atomic mass is 10.2. The summed E-state index contributed by atoms with van der Waals surface area (Å²) in [6, 6.07) is 5.38. The molecule has 0 spiro atoms. The number of hydrogen-bond acceptors (Lipinski definition) is 2. The Labute approximate surface area is 124 Å². The second-order valence-electron chi connectivity index (χ2n) is 3.97. The van der Waals surface area contributed by atoms with Crippen LogP contribution in [0.3, 0.4) is 0 Å². The molecule has 1 atom stereocenters. The minimum Gasteiger partial charge on any atom is -0.351 e. The normalized spacial score (nSPS) is 19.3. The Bertz CT molecular complexity index is 421. The van der Waals surface area contributed by atoms with E-state index in [1.54, 1.807) is 12.1 Å². The molecule has 1 aromatic carbocycles. The second kappa shape index (κ2) is 6.29. The third-order valence-corrected chi connectivity index (χ3v) is 5.26. The molecule has 1 unspecified atom stereocenters. The predicted molar refractivity (Wildman–Crippen MR) is 82.0 cm³/mol. The first kappa shape index (κ1) is 13.5. The topological polar surface area (TPSA) is 29.1 Å². The van der Waals surface area contributed by atoms with E-state index in [0.717, 1.165) is 10.1 Å². The summed E-state index contributed by atoms with van der Waals surface area (Å²) >= 11 is 10.0. The van der Waals surface area contributed by atoms with Gasteiger partial charge in [-0.15, -0.1) is 0 Å². The van der Waals surface area contributed by atoms with Gasteiger partial charge in [-0.3, -0.25) is 4.79 Å². The minimum atomic E-state index is -0.0237. The molecule has 1 amide bonds. The van der Waals surface area contributed by atoms with Gasteiger partial charge in [-0.05, 0) is 59.4 Å². The lowest BCUT2D eigenvalue weighted by Gasteiger charge is -2.11. The SMILES string of the molecule is O=C(NCC1CCCS1)c1cc(Cl)ccc1I. The molecule has 0 aromatic heterocycles. The quantitative estimate of drug-likeness (QED) is 0.811. The third-order valence-electron chi connectivity index (χ3n) is 2.69. The van der Waals surface area contributed by atoms with Crippen molar-refractivity contribution in [1.29, 1.82) is 0 Å². The van der Waals surface area contributed by atoms with E-state index in [2.05, 4.69) is 27.9 Å². The predicted octanol–water partition coefficient (Wildman–Crippen LogP) is 3.57. The van der Waals surface area contributed by atoms with Crippen LogP contribution in [0.4, 0.5) is 0 Å². The number of carbonyl (C=O) groups is 1. The Morgan fingerprint density at radius 2 is 2.41 bits per heavy atom. The fraction of sp³-hybridized carbons (Fsp3) is 0.417. The molecular weight excluding hydrogens is 369 g/mol. The van der Waals surface area contributed by atoms with Crippen molar-refractivity contribution in [2.75, 3.05) is 12.3 Å². The highest BCUT2D eigenvalue weighted by Crippen LogP contribution is 2.25. The molecule has 1 heterocycles. The Kier molecular flexibility index (Phi) is 4.99. The van der Waals surface area contributed by atoms with Crippen molar-refractivity contribution in [3.63, 3.8) is 0 Å². The molecule has 2 nitrogen and oxygen atoms in total. The van der Waals surface area contributed by atoms with E-state index in [9.17, 15) is 4.79 Å². The zero-order valence-corrected chi connectivity index (χ0v) is 12.9. The van der Waals surface area contributed by atoms with Gasteiger partial charge < -0.3 is 5.32 Å². The Balaban J connectivity index is 1.96. The van der Waals surface area contributed by atoms with Gasteiger partial charge in [-0.2, -0.15) is 11.8 Å². The second-order valence-corrected chi connectivity index (χ2v) is 6.98. The van der Waals surface area contributed by atoms with Crippen LogP contribution < -0.4 is 5.32 Å². The number of thioether (sulfide) groups is 1. The highest BCUT2D eigenvalue weighted by Gasteiger charge is 2.17. The number of benzene rings is 1. The number of halogens is 2. The van der Waals surface area contributed by atoms with Crippen molar-refractivity contribution >= 4 is 51.9 Å². The number of amides is 1. The lowest BCUT2D eigenvalue weighted by Crippen LogP contribution is -2.30. The van der Waals surface area contributed by atoms with E-state index < -0.39 is 0 Å². The van der Waals surface area contributed by atoms with Crippen molar-refractivity contribution in [2.45, 2.75) is 18.1 Å². The minimum absolute atomic E-state index is 0.0237. The van der Waals surface area contributed by atoms with Crippen molar-refractivity contribution in [3.05, 3.63) is 32.4 Å². The summed E-state index contributed by atoms with van der Waals surface area (Å²) in [7, 11) is 0. The molecule has 1 aliphatic rings. The average molecular weight is 382 g/mol. The Hall–Kier alpha value is 0.0600. The molecule has 1 aromatic rings. The van der Waals surface area contributed by atoms with E-state index in [1.165, 1.54) is 18.6 Å². The van der Waals surface area contributed by atoms with Crippen LogP contribution in [0, 0.1) is 3.57 Å². The number of carbonyl (C=O) groups excluding carboxylic acids is 1. The molecule has 0 saturated carbocycles. The van der Waals surface area contributed by atoms with Gasteiger partial charge in [0, 0.05) is 20.4 Å². The summed E-state index contributed by atoms with van der Waals surface area (Å²) in [6.07, 6.45) is 2.47. The zero-order valence-electron chi connectivity index (χ0n) is 9.21. The number of rotatable bonds is 3. The fourth-order valence-corrected chi connectivity index (χ4v) is 3.73. The molecule has 2 rings (SSSR count). The standard InChI is InChI=1S/C12H13ClINOS/c13-8-3-4-11(14)10(6-8)12(16)15-7-9-2-1-5-17-9/h3-4,6,9H,1-2,5,7H2,(H,15,16). The van der Waals surface area contributed by atoms with Gasteiger partial charge in [0.05, 0.1) is 5.56 Å². The lowest BCUT2D eigenvalue weighted by molar-refractivity contribution is 0.0953. The molecule has 0 aliphatic carbocycles. The molecule has 1 N–H and O–H groups in total. The van der Waals surface area contributed by atoms with Crippen LogP contribution in [0.1, 0.15) is 23.2 Å². The fourth-order valence-electron chi connectivity index (χ4n) is 1.78. The first-order valence-corrected chi connectivity index (χ1v) is 8.02. The molecule has 1 aliphatic heterocycles. The van der Waals surface area contributed by atoms with Crippen molar-refractivity contribution in [3.8, 4) is 0 Å². The molecule has 92 valence electrons. The summed E-state index contributed by atoms with van der Waals surface area (Å²) in [4.78, 5) is 12.0. The van der Waals surface area contributed by atoms with Crippen molar-refractivity contribution in [2.24, 2.45) is 0 Å². The maximum atomic E-state index is 12.0. The molecule has 1 fully saturated rings. The first-order chi connectivity index (χ1) is 8.16. The van der Waals surface area contributed by atoms with Gasteiger partial charge in [0.1, 0.15) is 0 Å². The van der Waals surface area contributed by atoms with Gasteiger partial charge in [0.2, 0.25) is 0 Å². The van der Waals surface area contributed by atoms with E-state index in [0.29, 0.717) is 15.8 Å². The monoisotopic (exact) mass is 381 g/mol. The summed E-state index contributed by atoms with van der Waals surface area (Å²) in [5, 5.41) is 4.17. The summed E-state index contributed by atoms with van der Waals surface area (Å²) in [6.45, 7) is 0.756. The molecule has 1 saturated heterocycles. The largest absolute Gasteiger partial charge is 0.351 e. The third kappa shape index (κ3) is 3.76.